The zero-order valence-corrected chi connectivity index (χ0v) is 20.0. The fraction of sp³-hybridized carbons (Fsp3) is 0.125. The summed E-state index contributed by atoms with van der Waals surface area (Å²) < 4.78 is 32.5. The number of carbonyl (C=O) groups is 2. The summed E-state index contributed by atoms with van der Waals surface area (Å²) in [6.45, 7) is -1.09. The van der Waals surface area contributed by atoms with Crippen molar-refractivity contribution in [1.29, 1.82) is 0 Å². The fourth-order valence-corrected chi connectivity index (χ4v) is 3.92. The van der Waals surface area contributed by atoms with E-state index in [1.807, 2.05) is 29.0 Å². The summed E-state index contributed by atoms with van der Waals surface area (Å²) >= 11 is 3.26. The molecule has 0 aliphatic rings. The Labute approximate surface area is 207 Å². The molecule has 180 valence electrons. The molecule has 2 aromatic heterocycles. The predicted octanol–water partition coefficient (Wildman–Crippen LogP) is 6.05. The molecular weight excluding hydrogens is 524 g/mol. The van der Waals surface area contributed by atoms with Gasteiger partial charge in [-0.2, -0.15) is 8.78 Å². The van der Waals surface area contributed by atoms with Crippen molar-refractivity contribution >= 4 is 56.0 Å². The normalized spacial score (nSPS) is 10.9. The highest BCUT2D eigenvalue weighted by molar-refractivity contribution is 9.10. The van der Waals surface area contributed by atoms with Crippen molar-refractivity contribution in [3.05, 3.63) is 77.0 Å². The van der Waals surface area contributed by atoms with E-state index in [9.17, 15) is 18.4 Å². The molecule has 0 spiro atoms. The van der Waals surface area contributed by atoms with Gasteiger partial charge in [0, 0.05) is 35.7 Å². The maximum absolute atomic E-state index is 12.7. The Balaban J connectivity index is 1.53. The number of nitrogens with one attached hydrogen (secondary N) is 3. The molecule has 0 unspecified atom stereocenters. The van der Waals surface area contributed by atoms with Crippen molar-refractivity contribution in [2.45, 2.75) is 20.1 Å². The van der Waals surface area contributed by atoms with E-state index in [0.29, 0.717) is 22.5 Å². The van der Waals surface area contributed by atoms with Crippen LogP contribution in [0.15, 0.2) is 71.5 Å². The van der Waals surface area contributed by atoms with Crippen molar-refractivity contribution in [3.63, 3.8) is 0 Å². The van der Waals surface area contributed by atoms with E-state index >= 15 is 0 Å². The van der Waals surface area contributed by atoms with Crippen LogP contribution < -0.4 is 20.7 Å². The van der Waals surface area contributed by atoms with Gasteiger partial charge in [-0.05, 0) is 54.1 Å². The molecule has 0 bridgehead atoms. The Kier molecular flexibility index (Phi) is 7.25. The number of amides is 3. The SMILES string of the molecule is CC(=O)Nc1cc(Cn2ccc3c(NC(=O)Nc4cc(Br)ccc4OC(F)F)cccc32)ccn1. The van der Waals surface area contributed by atoms with Gasteiger partial charge in [-0.3, -0.25) is 4.79 Å². The molecule has 0 saturated heterocycles. The lowest BCUT2D eigenvalue weighted by Gasteiger charge is -2.14. The molecule has 3 amide bonds. The zero-order chi connectivity index (χ0) is 24.9. The van der Waals surface area contributed by atoms with E-state index in [1.54, 1.807) is 24.4 Å². The highest BCUT2D eigenvalue weighted by Gasteiger charge is 2.14. The summed E-state index contributed by atoms with van der Waals surface area (Å²) in [5, 5.41) is 8.77. The summed E-state index contributed by atoms with van der Waals surface area (Å²) in [6, 6.07) is 14.7. The van der Waals surface area contributed by atoms with Gasteiger partial charge < -0.3 is 25.3 Å². The third-order valence-electron chi connectivity index (χ3n) is 4.95. The van der Waals surface area contributed by atoms with Crippen LogP contribution in [-0.4, -0.2) is 28.1 Å². The third-order valence-corrected chi connectivity index (χ3v) is 5.44. The van der Waals surface area contributed by atoms with Crippen molar-refractivity contribution in [2.24, 2.45) is 0 Å². The lowest BCUT2D eigenvalue weighted by atomic mass is 10.2. The van der Waals surface area contributed by atoms with E-state index in [2.05, 4.69) is 41.6 Å². The van der Waals surface area contributed by atoms with Crippen LogP contribution in [0.4, 0.5) is 30.8 Å². The summed E-state index contributed by atoms with van der Waals surface area (Å²) in [6.07, 6.45) is 3.51. The molecule has 8 nitrogen and oxygen atoms in total. The molecule has 2 aromatic carbocycles. The quantitative estimate of drug-likeness (QED) is 0.264. The number of benzene rings is 2. The maximum atomic E-state index is 12.7. The number of nitrogens with zero attached hydrogens (tertiary/aromatic N) is 2. The van der Waals surface area contributed by atoms with Crippen molar-refractivity contribution in [1.82, 2.24) is 9.55 Å². The lowest BCUT2D eigenvalue weighted by Crippen LogP contribution is -2.20. The molecule has 35 heavy (non-hydrogen) atoms. The van der Waals surface area contributed by atoms with E-state index < -0.39 is 12.6 Å². The minimum Gasteiger partial charge on any atom is -0.433 e. The number of aromatic nitrogens is 2. The molecule has 0 aliphatic heterocycles. The zero-order valence-electron chi connectivity index (χ0n) is 18.4. The largest absolute Gasteiger partial charge is 0.433 e. The molecule has 2 heterocycles. The fourth-order valence-electron chi connectivity index (χ4n) is 3.56. The molecule has 4 aromatic rings. The van der Waals surface area contributed by atoms with Crippen LogP contribution in [0.3, 0.4) is 0 Å². The second-order valence-corrected chi connectivity index (χ2v) is 8.43. The smallest absolute Gasteiger partial charge is 0.387 e. The first-order valence-corrected chi connectivity index (χ1v) is 11.2. The number of pyridine rings is 1. The number of hydrogen-bond donors (Lipinski definition) is 3. The Hall–Kier alpha value is -3.99. The first-order valence-electron chi connectivity index (χ1n) is 10.4. The van der Waals surface area contributed by atoms with Gasteiger partial charge >= 0.3 is 12.6 Å². The molecule has 0 aliphatic carbocycles. The molecule has 0 radical (unpaired) electrons. The second kappa shape index (κ2) is 10.5. The number of ether oxygens (including phenoxy) is 1. The highest BCUT2D eigenvalue weighted by atomic mass is 79.9. The number of rotatable bonds is 7. The Morgan fingerprint density at radius 3 is 2.63 bits per heavy atom. The van der Waals surface area contributed by atoms with Gasteiger partial charge in [0.2, 0.25) is 5.91 Å². The van der Waals surface area contributed by atoms with Crippen LogP contribution in [0.5, 0.6) is 5.75 Å². The molecule has 4 rings (SSSR count). The first kappa shape index (κ1) is 24.1. The molecule has 0 fully saturated rings. The van der Waals surface area contributed by atoms with Gasteiger partial charge in [0.05, 0.1) is 16.9 Å². The van der Waals surface area contributed by atoms with Crippen molar-refractivity contribution in [2.75, 3.05) is 16.0 Å². The monoisotopic (exact) mass is 543 g/mol. The highest BCUT2D eigenvalue weighted by Crippen LogP contribution is 2.30. The van der Waals surface area contributed by atoms with Crippen molar-refractivity contribution < 1.29 is 23.1 Å². The average Bonchev–Trinajstić information content (AvgIpc) is 3.19. The van der Waals surface area contributed by atoms with Gasteiger partial charge in [-0.1, -0.05) is 22.0 Å². The van der Waals surface area contributed by atoms with Gasteiger partial charge in [0.15, 0.2) is 0 Å². The number of urea groups is 1. The Morgan fingerprint density at radius 1 is 1.06 bits per heavy atom. The number of carbonyl (C=O) groups excluding carboxylic acids is 2. The van der Waals surface area contributed by atoms with E-state index in [0.717, 1.165) is 16.5 Å². The molecule has 0 saturated carbocycles. The minimum atomic E-state index is -3.02. The van der Waals surface area contributed by atoms with Crippen LogP contribution in [0.25, 0.3) is 10.9 Å². The van der Waals surface area contributed by atoms with Gasteiger partial charge in [0.25, 0.3) is 0 Å². The molecule has 11 heteroatoms. The van der Waals surface area contributed by atoms with Crippen LogP contribution in [-0.2, 0) is 11.3 Å². The number of fused-ring (bicyclic) bond motifs is 1. The van der Waals surface area contributed by atoms with Crippen LogP contribution in [0.2, 0.25) is 0 Å². The lowest BCUT2D eigenvalue weighted by molar-refractivity contribution is -0.114. The molecular formula is C24H20BrF2N5O3. The molecule has 0 atom stereocenters. The van der Waals surface area contributed by atoms with E-state index in [1.165, 1.54) is 25.1 Å². The summed E-state index contributed by atoms with van der Waals surface area (Å²) in [5.41, 5.74) is 2.43. The number of anilines is 3. The van der Waals surface area contributed by atoms with Crippen LogP contribution in [0.1, 0.15) is 12.5 Å². The number of alkyl halides is 2. The Bertz CT molecular complexity index is 1390. The summed E-state index contributed by atoms with van der Waals surface area (Å²) in [5.74, 6) is 0.109. The van der Waals surface area contributed by atoms with E-state index in [4.69, 9.17) is 0 Å². The minimum absolute atomic E-state index is 0.0922. The average molecular weight is 544 g/mol. The molecule has 3 N–H and O–H groups in total. The Morgan fingerprint density at radius 2 is 1.86 bits per heavy atom. The maximum Gasteiger partial charge on any atom is 0.387 e. The van der Waals surface area contributed by atoms with Gasteiger partial charge in [-0.25, -0.2) is 9.78 Å². The number of halogens is 3. The predicted molar refractivity (Wildman–Crippen MR) is 133 cm³/mol. The summed E-state index contributed by atoms with van der Waals surface area (Å²) in [7, 11) is 0. The summed E-state index contributed by atoms with van der Waals surface area (Å²) in [4.78, 5) is 28.1. The number of hydrogen-bond acceptors (Lipinski definition) is 4. The second-order valence-electron chi connectivity index (χ2n) is 7.51. The van der Waals surface area contributed by atoms with Gasteiger partial charge in [-0.15, -0.1) is 0 Å². The van der Waals surface area contributed by atoms with Crippen LogP contribution >= 0.6 is 15.9 Å². The third kappa shape index (κ3) is 6.12. The standard InChI is InChI=1S/C24H20BrF2N5O3/c1-14(33)29-22-11-15(7-9-28-22)13-32-10-8-17-18(3-2-4-20(17)32)30-24(34)31-19-12-16(25)5-6-21(19)35-23(26)27/h2-12,23H,13H2,1H3,(H,28,29,33)(H2,30,31,34). The van der Waals surface area contributed by atoms with E-state index in [-0.39, 0.29) is 17.3 Å². The van der Waals surface area contributed by atoms with Crippen molar-refractivity contribution in [3.8, 4) is 5.75 Å². The van der Waals surface area contributed by atoms with Gasteiger partial charge in [0.1, 0.15) is 11.6 Å². The first-order chi connectivity index (χ1) is 16.8. The topological polar surface area (TPSA) is 97.3 Å². The van der Waals surface area contributed by atoms with Crippen LogP contribution in [0, 0.1) is 0 Å².